The molecule has 0 atom stereocenters. The SMILES string of the molecule is CCCCCCCCCCCCCCCCCCc1c(O)[nH]c2ccccc12. The normalized spacial score (nSPS) is 11.5. The van der Waals surface area contributed by atoms with Gasteiger partial charge in [0.1, 0.15) is 0 Å². The Morgan fingerprint density at radius 3 is 1.64 bits per heavy atom. The highest BCUT2D eigenvalue weighted by atomic mass is 16.3. The van der Waals surface area contributed by atoms with Gasteiger partial charge in [0.25, 0.3) is 0 Å². The summed E-state index contributed by atoms with van der Waals surface area (Å²) in [6.45, 7) is 2.29. The second-order valence-electron chi connectivity index (χ2n) is 8.55. The minimum atomic E-state index is 0.363. The second kappa shape index (κ2) is 14.5. The highest BCUT2D eigenvalue weighted by molar-refractivity contribution is 5.85. The van der Waals surface area contributed by atoms with Gasteiger partial charge in [-0.25, -0.2) is 0 Å². The molecular weight excluding hydrogens is 342 g/mol. The lowest BCUT2D eigenvalue weighted by Gasteiger charge is -2.04. The van der Waals surface area contributed by atoms with Crippen molar-refractivity contribution in [2.45, 2.75) is 116 Å². The fourth-order valence-corrected chi connectivity index (χ4v) is 4.29. The molecule has 0 aliphatic heterocycles. The Balaban J connectivity index is 1.38. The van der Waals surface area contributed by atoms with E-state index in [1.54, 1.807) is 0 Å². The van der Waals surface area contributed by atoms with E-state index in [2.05, 4.69) is 18.0 Å². The van der Waals surface area contributed by atoms with Crippen molar-refractivity contribution in [2.75, 3.05) is 0 Å². The molecule has 0 spiro atoms. The van der Waals surface area contributed by atoms with Crippen molar-refractivity contribution in [1.82, 2.24) is 4.98 Å². The Bertz CT molecular complexity index is 630. The molecule has 0 aliphatic carbocycles. The van der Waals surface area contributed by atoms with Gasteiger partial charge >= 0.3 is 0 Å². The maximum Gasteiger partial charge on any atom is 0.192 e. The van der Waals surface area contributed by atoms with E-state index >= 15 is 0 Å². The third-order valence-electron chi connectivity index (χ3n) is 6.07. The van der Waals surface area contributed by atoms with Crippen LogP contribution in [0.5, 0.6) is 5.88 Å². The number of aryl methyl sites for hydroxylation is 1. The molecule has 28 heavy (non-hydrogen) atoms. The molecule has 0 fully saturated rings. The van der Waals surface area contributed by atoms with Gasteiger partial charge in [-0.15, -0.1) is 0 Å². The van der Waals surface area contributed by atoms with Gasteiger partial charge in [-0.3, -0.25) is 0 Å². The van der Waals surface area contributed by atoms with Crippen LogP contribution in [0.2, 0.25) is 0 Å². The van der Waals surface area contributed by atoms with Crippen LogP contribution in [0.1, 0.15) is 115 Å². The summed E-state index contributed by atoms with van der Waals surface area (Å²) in [4.78, 5) is 3.09. The first-order valence-electron chi connectivity index (χ1n) is 12.1. The van der Waals surface area contributed by atoms with E-state index in [0.29, 0.717) is 5.88 Å². The molecule has 2 nitrogen and oxygen atoms in total. The summed E-state index contributed by atoms with van der Waals surface area (Å²) in [7, 11) is 0. The van der Waals surface area contributed by atoms with Crippen molar-refractivity contribution in [1.29, 1.82) is 0 Å². The predicted octanol–water partition coefficient (Wildman–Crippen LogP) is 8.68. The molecule has 1 heterocycles. The lowest BCUT2D eigenvalue weighted by Crippen LogP contribution is -1.86. The minimum Gasteiger partial charge on any atom is -0.494 e. The second-order valence-corrected chi connectivity index (χ2v) is 8.55. The third kappa shape index (κ3) is 8.71. The van der Waals surface area contributed by atoms with E-state index in [0.717, 1.165) is 17.5 Å². The molecule has 1 aromatic carbocycles. The van der Waals surface area contributed by atoms with E-state index in [-0.39, 0.29) is 0 Å². The van der Waals surface area contributed by atoms with E-state index in [1.165, 1.54) is 108 Å². The van der Waals surface area contributed by atoms with Crippen LogP contribution in [0.4, 0.5) is 0 Å². The number of nitrogens with one attached hydrogen (secondary N) is 1. The average Bonchev–Trinajstić information content (AvgIpc) is 3.03. The lowest BCUT2D eigenvalue weighted by molar-refractivity contribution is 0.450. The monoisotopic (exact) mass is 385 g/mol. The Kier molecular flexibility index (Phi) is 11.9. The zero-order chi connectivity index (χ0) is 19.9. The van der Waals surface area contributed by atoms with Crippen molar-refractivity contribution < 1.29 is 5.11 Å². The van der Waals surface area contributed by atoms with Crippen LogP contribution in [0.15, 0.2) is 24.3 Å². The summed E-state index contributed by atoms with van der Waals surface area (Å²) in [6.07, 6.45) is 23.3. The van der Waals surface area contributed by atoms with Crippen LogP contribution in [-0.2, 0) is 6.42 Å². The Hall–Kier alpha value is -1.44. The average molecular weight is 386 g/mol. The molecule has 0 radical (unpaired) electrons. The molecule has 0 saturated heterocycles. The van der Waals surface area contributed by atoms with Gasteiger partial charge in [-0.1, -0.05) is 121 Å². The number of hydrogen-bond donors (Lipinski definition) is 2. The van der Waals surface area contributed by atoms with Gasteiger partial charge in [0.2, 0.25) is 0 Å². The number of aromatic amines is 1. The van der Waals surface area contributed by atoms with Gasteiger partial charge in [-0.05, 0) is 18.9 Å². The van der Waals surface area contributed by atoms with Crippen LogP contribution < -0.4 is 0 Å². The summed E-state index contributed by atoms with van der Waals surface area (Å²) in [5.74, 6) is 0.363. The van der Waals surface area contributed by atoms with Crippen LogP contribution >= 0.6 is 0 Å². The molecule has 2 heteroatoms. The van der Waals surface area contributed by atoms with E-state index in [9.17, 15) is 5.11 Å². The van der Waals surface area contributed by atoms with E-state index in [1.807, 2.05) is 18.2 Å². The minimum absolute atomic E-state index is 0.363. The molecule has 0 aliphatic rings. The van der Waals surface area contributed by atoms with Gasteiger partial charge in [0.15, 0.2) is 5.88 Å². The van der Waals surface area contributed by atoms with Crippen molar-refractivity contribution in [3.05, 3.63) is 29.8 Å². The van der Waals surface area contributed by atoms with E-state index in [4.69, 9.17) is 0 Å². The third-order valence-corrected chi connectivity index (χ3v) is 6.07. The van der Waals surface area contributed by atoms with Gasteiger partial charge in [-0.2, -0.15) is 0 Å². The number of benzene rings is 1. The number of fused-ring (bicyclic) bond motifs is 1. The zero-order valence-corrected chi connectivity index (χ0v) is 18.3. The molecule has 2 aromatic rings. The maximum absolute atomic E-state index is 10.1. The maximum atomic E-state index is 10.1. The summed E-state index contributed by atoms with van der Waals surface area (Å²) < 4.78 is 0. The highest BCUT2D eigenvalue weighted by Gasteiger charge is 2.09. The first-order valence-corrected chi connectivity index (χ1v) is 12.1. The smallest absolute Gasteiger partial charge is 0.192 e. The quantitative estimate of drug-likeness (QED) is 0.262. The summed E-state index contributed by atoms with van der Waals surface area (Å²) in [6, 6.07) is 8.20. The molecule has 158 valence electrons. The molecule has 0 unspecified atom stereocenters. The number of aromatic hydroxyl groups is 1. The van der Waals surface area contributed by atoms with Crippen LogP contribution in [0.3, 0.4) is 0 Å². The standard InChI is InChI=1S/C26H43NO/c1-2-3-4-5-6-7-8-9-10-11-12-13-14-15-16-17-21-24-23-20-18-19-22-25(23)27-26(24)28/h18-20,22,27-28H,2-17,21H2,1H3. The Morgan fingerprint density at radius 1 is 0.643 bits per heavy atom. The van der Waals surface area contributed by atoms with Gasteiger partial charge in [0.05, 0.1) is 0 Å². The van der Waals surface area contributed by atoms with Gasteiger partial charge in [0, 0.05) is 16.5 Å². The Morgan fingerprint density at radius 2 is 1.11 bits per heavy atom. The molecule has 1 aromatic heterocycles. The number of aromatic nitrogens is 1. The molecule has 0 bridgehead atoms. The zero-order valence-electron chi connectivity index (χ0n) is 18.3. The number of para-hydroxylation sites is 1. The first kappa shape index (κ1) is 22.8. The number of rotatable bonds is 17. The fourth-order valence-electron chi connectivity index (χ4n) is 4.29. The van der Waals surface area contributed by atoms with Crippen LogP contribution in [-0.4, -0.2) is 10.1 Å². The fraction of sp³-hybridized carbons (Fsp3) is 0.692. The first-order chi connectivity index (χ1) is 13.8. The van der Waals surface area contributed by atoms with Crippen molar-refractivity contribution >= 4 is 10.9 Å². The van der Waals surface area contributed by atoms with Crippen LogP contribution in [0.25, 0.3) is 10.9 Å². The van der Waals surface area contributed by atoms with Crippen molar-refractivity contribution in [3.8, 4) is 5.88 Å². The lowest BCUT2D eigenvalue weighted by atomic mass is 10.0. The summed E-state index contributed by atoms with van der Waals surface area (Å²) in [5.41, 5.74) is 2.15. The highest BCUT2D eigenvalue weighted by Crippen LogP contribution is 2.28. The Labute approximate surface area is 173 Å². The molecule has 2 N–H and O–H groups in total. The molecule has 0 amide bonds. The number of hydrogen-bond acceptors (Lipinski definition) is 1. The molecule has 2 rings (SSSR count). The van der Waals surface area contributed by atoms with Crippen molar-refractivity contribution in [2.24, 2.45) is 0 Å². The predicted molar refractivity (Wildman–Crippen MR) is 123 cm³/mol. The molecular formula is C26H43NO. The summed E-state index contributed by atoms with van der Waals surface area (Å²) >= 11 is 0. The van der Waals surface area contributed by atoms with Crippen LogP contribution in [0, 0.1) is 0 Å². The van der Waals surface area contributed by atoms with Crippen molar-refractivity contribution in [3.63, 3.8) is 0 Å². The van der Waals surface area contributed by atoms with Gasteiger partial charge < -0.3 is 10.1 Å². The topological polar surface area (TPSA) is 36.0 Å². The number of unbranched alkanes of at least 4 members (excludes halogenated alkanes) is 15. The summed E-state index contributed by atoms with van der Waals surface area (Å²) in [5, 5.41) is 11.3. The number of H-pyrrole nitrogens is 1. The van der Waals surface area contributed by atoms with E-state index < -0.39 is 0 Å². The molecule has 0 saturated carbocycles. The largest absolute Gasteiger partial charge is 0.494 e.